The van der Waals surface area contributed by atoms with E-state index in [0.29, 0.717) is 24.2 Å². The number of unbranched alkanes of at least 4 members (excludes halogenated alkanes) is 3. The molecule has 0 unspecified atom stereocenters. The molecule has 1 fully saturated rings. The number of carboxylic acid groups (broad SMARTS) is 2. The van der Waals surface area contributed by atoms with E-state index in [1.807, 2.05) is 0 Å². The van der Waals surface area contributed by atoms with E-state index in [9.17, 15) is 9.59 Å². The van der Waals surface area contributed by atoms with Crippen LogP contribution in [0.3, 0.4) is 0 Å². The van der Waals surface area contributed by atoms with Gasteiger partial charge in [0, 0.05) is 24.2 Å². The van der Waals surface area contributed by atoms with Gasteiger partial charge in [0.1, 0.15) is 0 Å². The van der Waals surface area contributed by atoms with Crippen LogP contribution in [-0.2, 0) is 0 Å². The van der Waals surface area contributed by atoms with Crippen LogP contribution in [0.25, 0.3) is 0 Å². The van der Waals surface area contributed by atoms with Crippen LogP contribution >= 0.6 is 0 Å². The highest BCUT2D eigenvalue weighted by Gasteiger charge is 2.41. The first-order valence-electron chi connectivity index (χ1n) is 9.56. The molecular formula is C19H39N3O4. The molecule has 0 atom stereocenters. The number of rotatable bonds is 7. The zero-order valence-corrected chi connectivity index (χ0v) is 17.4. The van der Waals surface area contributed by atoms with Gasteiger partial charge in [-0.1, -0.05) is 19.8 Å². The molecule has 1 heterocycles. The number of hydrogen-bond acceptors (Lipinski definition) is 3. The van der Waals surface area contributed by atoms with Crippen molar-refractivity contribution in [1.29, 1.82) is 0 Å². The number of nitrogens with zero attached hydrogens (tertiary/aromatic N) is 1. The van der Waals surface area contributed by atoms with Gasteiger partial charge in [-0.15, -0.1) is 0 Å². The smallest absolute Gasteiger partial charge is 0.404 e. The molecule has 4 N–H and O–H groups in total. The zero-order valence-electron chi connectivity index (χ0n) is 17.4. The van der Waals surface area contributed by atoms with E-state index in [2.05, 4.69) is 57.2 Å². The Bertz CT molecular complexity index is 401. The van der Waals surface area contributed by atoms with Gasteiger partial charge >= 0.3 is 12.2 Å². The van der Waals surface area contributed by atoms with Crippen LogP contribution < -0.4 is 10.6 Å². The second kappa shape index (κ2) is 11.3. The highest BCUT2D eigenvalue weighted by molar-refractivity contribution is 5.64. The predicted octanol–water partition coefficient (Wildman–Crippen LogP) is 3.99. The molecule has 1 saturated heterocycles. The van der Waals surface area contributed by atoms with Gasteiger partial charge in [-0.2, -0.15) is 0 Å². The van der Waals surface area contributed by atoms with Crippen molar-refractivity contribution in [2.24, 2.45) is 5.92 Å². The van der Waals surface area contributed by atoms with Gasteiger partial charge in [0.25, 0.3) is 0 Å². The van der Waals surface area contributed by atoms with E-state index in [4.69, 9.17) is 10.2 Å². The number of carbonyl (C=O) groups is 2. The number of piperidine rings is 1. The molecule has 1 aliphatic rings. The minimum absolute atomic E-state index is 0.376. The molecule has 7 nitrogen and oxygen atoms in total. The zero-order chi connectivity index (χ0) is 20.4. The summed E-state index contributed by atoms with van der Waals surface area (Å²) in [5, 5.41) is 21.0. The second-order valence-corrected chi connectivity index (χ2v) is 8.58. The van der Waals surface area contributed by atoms with Gasteiger partial charge < -0.3 is 20.8 Å². The molecule has 0 saturated carbocycles. The minimum atomic E-state index is -1.00. The van der Waals surface area contributed by atoms with Crippen molar-refractivity contribution in [1.82, 2.24) is 15.5 Å². The van der Waals surface area contributed by atoms with Crippen LogP contribution in [0.1, 0.15) is 73.1 Å². The Labute approximate surface area is 158 Å². The van der Waals surface area contributed by atoms with Gasteiger partial charge in [-0.25, -0.2) is 9.59 Å². The van der Waals surface area contributed by atoms with E-state index >= 15 is 0 Å². The van der Waals surface area contributed by atoms with Crippen LogP contribution in [0.4, 0.5) is 9.59 Å². The minimum Gasteiger partial charge on any atom is -0.465 e. The van der Waals surface area contributed by atoms with Crippen LogP contribution in [0.15, 0.2) is 0 Å². The summed E-state index contributed by atoms with van der Waals surface area (Å²) in [5.41, 5.74) is 0.752. The maximum atomic E-state index is 10.0. The molecule has 0 aromatic rings. The van der Waals surface area contributed by atoms with Gasteiger partial charge in [0.2, 0.25) is 0 Å². The van der Waals surface area contributed by atoms with Crippen molar-refractivity contribution in [3.05, 3.63) is 0 Å². The third-order valence-electron chi connectivity index (χ3n) is 5.17. The standard InChI is InChI=1S/C11H23N.C8H16N2O4/c1-9-7-10(2,3)12(6)11(4,5)8-9;11-7(12)9-5-3-1-2-4-6-10-8(13)14/h9H,7-8H2,1-6H3;9-10H,1-6H2,(H,11,12)(H,13,14). The summed E-state index contributed by atoms with van der Waals surface area (Å²) < 4.78 is 0. The van der Waals surface area contributed by atoms with E-state index in [1.54, 1.807) is 0 Å². The largest absolute Gasteiger partial charge is 0.465 e. The highest BCUT2D eigenvalue weighted by Crippen LogP contribution is 2.39. The monoisotopic (exact) mass is 373 g/mol. The fraction of sp³-hybridized carbons (Fsp3) is 0.895. The first-order chi connectivity index (χ1) is 11.9. The quantitative estimate of drug-likeness (QED) is 0.505. The summed E-state index contributed by atoms with van der Waals surface area (Å²) in [7, 11) is 2.26. The van der Waals surface area contributed by atoms with Crippen LogP contribution in [0.5, 0.6) is 0 Å². The Morgan fingerprint density at radius 2 is 1.23 bits per heavy atom. The number of amides is 2. The first kappa shape index (κ1) is 24.5. The average Bonchev–Trinajstić information content (AvgIpc) is 2.46. The topological polar surface area (TPSA) is 102 Å². The number of likely N-dealkylation sites (tertiary alicyclic amines) is 1. The molecule has 0 aliphatic carbocycles. The molecule has 7 heteroatoms. The van der Waals surface area contributed by atoms with Gasteiger partial charge in [0.05, 0.1) is 0 Å². The van der Waals surface area contributed by atoms with Gasteiger partial charge in [0.15, 0.2) is 0 Å². The lowest BCUT2D eigenvalue weighted by atomic mass is 9.75. The van der Waals surface area contributed by atoms with E-state index in [1.165, 1.54) is 12.8 Å². The maximum absolute atomic E-state index is 10.0. The number of nitrogens with one attached hydrogen (secondary N) is 2. The second-order valence-electron chi connectivity index (χ2n) is 8.58. The van der Waals surface area contributed by atoms with Gasteiger partial charge in [-0.3, -0.25) is 4.90 Å². The first-order valence-corrected chi connectivity index (χ1v) is 9.56. The molecule has 0 bridgehead atoms. The lowest BCUT2D eigenvalue weighted by Gasteiger charge is -2.53. The lowest BCUT2D eigenvalue weighted by Crippen LogP contribution is -2.58. The van der Waals surface area contributed by atoms with Crippen molar-refractivity contribution < 1.29 is 19.8 Å². The fourth-order valence-corrected chi connectivity index (χ4v) is 3.87. The Morgan fingerprint density at radius 1 is 0.885 bits per heavy atom. The third kappa shape index (κ3) is 10.5. The molecule has 0 radical (unpaired) electrons. The van der Waals surface area contributed by atoms with Crippen molar-refractivity contribution in [3.63, 3.8) is 0 Å². The maximum Gasteiger partial charge on any atom is 0.404 e. The average molecular weight is 374 g/mol. The van der Waals surface area contributed by atoms with Crippen molar-refractivity contribution in [3.8, 4) is 0 Å². The molecule has 0 aromatic heterocycles. The SMILES string of the molecule is CC1CC(C)(C)N(C)C(C)(C)C1.O=C(O)NCCCCCCNC(=O)O. The molecule has 1 aliphatic heterocycles. The highest BCUT2D eigenvalue weighted by atomic mass is 16.4. The van der Waals surface area contributed by atoms with Gasteiger partial charge in [-0.05, 0) is 66.3 Å². The summed E-state index contributed by atoms with van der Waals surface area (Å²) in [6, 6.07) is 0. The van der Waals surface area contributed by atoms with Crippen LogP contribution in [0.2, 0.25) is 0 Å². The molecule has 26 heavy (non-hydrogen) atoms. The predicted molar refractivity (Wildman–Crippen MR) is 105 cm³/mol. The molecule has 0 spiro atoms. The Balaban J connectivity index is 0.000000485. The van der Waals surface area contributed by atoms with E-state index in [-0.39, 0.29) is 0 Å². The summed E-state index contributed by atoms with van der Waals surface area (Å²) in [5.74, 6) is 0.867. The third-order valence-corrected chi connectivity index (χ3v) is 5.17. The summed E-state index contributed by atoms with van der Waals surface area (Å²) >= 11 is 0. The van der Waals surface area contributed by atoms with Crippen LogP contribution in [0, 0.1) is 5.92 Å². The summed E-state index contributed by atoms with van der Waals surface area (Å²) in [6.45, 7) is 12.7. The molecule has 2 amide bonds. The van der Waals surface area contributed by atoms with Crippen molar-refractivity contribution in [2.75, 3.05) is 20.1 Å². The normalized spacial score (nSPS) is 19.2. The molecule has 1 rings (SSSR count). The Hall–Kier alpha value is -1.50. The van der Waals surface area contributed by atoms with Crippen molar-refractivity contribution in [2.45, 2.75) is 84.2 Å². The Morgan fingerprint density at radius 3 is 1.54 bits per heavy atom. The summed E-state index contributed by atoms with van der Waals surface area (Å²) in [6.07, 6.45) is 4.04. The number of hydrogen-bond donors (Lipinski definition) is 4. The fourth-order valence-electron chi connectivity index (χ4n) is 3.87. The van der Waals surface area contributed by atoms with E-state index < -0.39 is 12.2 Å². The van der Waals surface area contributed by atoms with Crippen LogP contribution in [-0.4, -0.2) is 58.5 Å². The Kier molecular flexibility index (Phi) is 10.6. The lowest BCUT2D eigenvalue weighted by molar-refractivity contribution is -0.0255. The summed E-state index contributed by atoms with van der Waals surface area (Å²) in [4.78, 5) is 22.6. The molecule has 0 aromatic carbocycles. The molecule has 154 valence electrons. The molecular weight excluding hydrogens is 334 g/mol. The van der Waals surface area contributed by atoms with Crippen molar-refractivity contribution >= 4 is 12.2 Å². The van der Waals surface area contributed by atoms with E-state index in [0.717, 1.165) is 31.6 Å².